The summed E-state index contributed by atoms with van der Waals surface area (Å²) in [4.78, 5) is 5.32. The Bertz CT molecular complexity index is 1920. The summed E-state index contributed by atoms with van der Waals surface area (Å²) in [6, 6.07) is 41.5. The molecule has 40 heavy (non-hydrogen) atoms. The second kappa shape index (κ2) is 9.93. The van der Waals surface area contributed by atoms with Crippen molar-refractivity contribution in [2.24, 2.45) is 0 Å². The first kappa shape index (κ1) is 24.6. The van der Waals surface area contributed by atoms with Crippen LogP contribution >= 0.6 is 11.3 Å². The molecule has 0 N–H and O–H groups in total. The first-order chi connectivity index (χ1) is 19.6. The topological polar surface area (TPSA) is 17.8 Å². The van der Waals surface area contributed by atoms with E-state index in [9.17, 15) is 0 Å². The summed E-state index contributed by atoms with van der Waals surface area (Å²) in [5, 5.41) is 3.55. The standard InChI is InChI=1S/C37H30N2S/c1-24(2)28-18-19-35-31(22-28)32(23-40-35)37-38-33-16-10-11-17-34(33)39(37)36-29(26-12-6-4-7-13-26)20-25(3)21-30(36)27-14-8-5-9-15-27/h4-24H,1-3H3. The molecule has 0 aliphatic heterocycles. The Balaban J connectivity index is 1.63. The number of para-hydroxylation sites is 2. The summed E-state index contributed by atoms with van der Waals surface area (Å²) >= 11 is 1.79. The molecule has 0 saturated carbocycles. The van der Waals surface area contributed by atoms with Crippen LogP contribution in [0.3, 0.4) is 0 Å². The molecule has 0 aliphatic rings. The largest absolute Gasteiger partial charge is 0.291 e. The van der Waals surface area contributed by atoms with Gasteiger partial charge in [0.05, 0.1) is 16.7 Å². The van der Waals surface area contributed by atoms with Crippen molar-refractivity contribution in [3.63, 3.8) is 0 Å². The van der Waals surface area contributed by atoms with Crippen molar-refractivity contribution in [1.82, 2.24) is 9.55 Å². The van der Waals surface area contributed by atoms with Crippen LogP contribution in [-0.2, 0) is 0 Å². The maximum Gasteiger partial charge on any atom is 0.147 e. The molecule has 7 rings (SSSR count). The first-order valence-electron chi connectivity index (χ1n) is 13.8. The number of thiophene rings is 1. The Kier molecular flexibility index (Phi) is 6.10. The predicted octanol–water partition coefficient (Wildman–Crippen LogP) is 10.7. The average Bonchev–Trinajstić information content (AvgIpc) is 3.58. The van der Waals surface area contributed by atoms with Gasteiger partial charge in [-0.05, 0) is 71.5 Å². The van der Waals surface area contributed by atoms with E-state index in [4.69, 9.17) is 4.98 Å². The second-order valence-electron chi connectivity index (χ2n) is 10.8. The number of benzene rings is 5. The summed E-state index contributed by atoms with van der Waals surface area (Å²) in [7, 11) is 0. The van der Waals surface area contributed by atoms with E-state index in [1.165, 1.54) is 49.0 Å². The third kappa shape index (κ3) is 4.14. The van der Waals surface area contributed by atoms with E-state index in [1.54, 1.807) is 11.3 Å². The molecule has 0 amide bonds. The van der Waals surface area contributed by atoms with Crippen LogP contribution < -0.4 is 0 Å². The number of aryl methyl sites for hydroxylation is 1. The minimum Gasteiger partial charge on any atom is -0.291 e. The molecule has 0 bridgehead atoms. The lowest BCUT2D eigenvalue weighted by molar-refractivity contribution is 0.869. The quantitative estimate of drug-likeness (QED) is 0.215. The molecule has 194 valence electrons. The van der Waals surface area contributed by atoms with E-state index in [1.807, 2.05) is 0 Å². The Hall–Kier alpha value is -4.47. The van der Waals surface area contributed by atoms with Gasteiger partial charge in [0.2, 0.25) is 0 Å². The van der Waals surface area contributed by atoms with Gasteiger partial charge < -0.3 is 0 Å². The van der Waals surface area contributed by atoms with Crippen LogP contribution in [0.25, 0.3) is 60.4 Å². The van der Waals surface area contributed by atoms with Crippen molar-refractivity contribution in [3.05, 3.63) is 132 Å². The number of hydrogen-bond acceptors (Lipinski definition) is 2. The fourth-order valence-electron chi connectivity index (χ4n) is 5.71. The van der Waals surface area contributed by atoms with Crippen LogP contribution in [0, 0.1) is 6.92 Å². The van der Waals surface area contributed by atoms with E-state index >= 15 is 0 Å². The molecular weight excluding hydrogens is 504 g/mol. The lowest BCUT2D eigenvalue weighted by atomic mass is 9.93. The van der Waals surface area contributed by atoms with E-state index in [0.717, 1.165) is 22.5 Å². The van der Waals surface area contributed by atoms with Crippen molar-refractivity contribution in [3.8, 4) is 39.3 Å². The minimum atomic E-state index is 0.461. The monoisotopic (exact) mass is 534 g/mol. The van der Waals surface area contributed by atoms with Crippen LogP contribution in [0.2, 0.25) is 0 Å². The van der Waals surface area contributed by atoms with Crippen molar-refractivity contribution < 1.29 is 0 Å². The van der Waals surface area contributed by atoms with E-state index in [-0.39, 0.29) is 0 Å². The zero-order valence-electron chi connectivity index (χ0n) is 22.9. The number of aromatic nitrogens is 2. The van der Waals surface area contributed by atoms with Crippen molar-refractivity contribution in [2.75, 3.05) is 0 Å². The number of fused-ring (bicyclic) bond motifs is 2. The van der Waals surface area contributed by atoms with Gasteiger partial charge in [0.1, 0.15) is 5.82 Å². The zero-order valence-corrected chi connectivity index (χ0v) is 23.7. The molecule has 2 heterocycles. The number of rotatable bonds is 5. The van der Waals surface area contributed by atoms with Crippen LogP contribution in [0.15, 0.2) is 121 Å². The summed E-state index contributed by atoms with van der Waals surface area (Å²) in [5.74, 6) is 1.44. The highest BCUT2D eigenvalue weighted by atomic mass is 32.1. The molecular formula is C37H30N2S. The van der Waals surface area contributed by atoms with Crippen LogP contribution in [-0.4, -0.2) is 9.55 Å². The molecule has 0 spiro atoms. The SMILES string of the molecule is Cc1cc(-c2ccccc2)c(-n2c(-c3csc4ccc(C(C)C)cc34)nc3ccccc32)c(-c2ccccc2)c1. The number of hydrogen-bond donors (Lipinski definition) is 0. The van der Waals surface area contributed by atoms with Crippen LogP contribution in [0.1, 0.15) is 30.9 Å². The number of imidazole rings is 1. The van der Waals surface area contributed by atoms with E-state index in [2.05, 4.69) is 146 Å². The highest BCUT2D eigenvalue weighted by molar-refractivity contribution is 7.17. The third-order valence-corrected chi connectivity index (χ3v) is 8.68. The van der Waals surface area contributed by atoms with Gasteiger partial charge in [-0.3, -0.25) is 4.57 Å². The van der Waals surface area contributed by atoms with E-state index < -0.39 is 0 Å². The molecule has 5 aromatic carbocycles. The van der Waals surface area contributed by atoms with Gasteiger partial charge in [-0.15, -0.1) is 11.3 Å². The predicted molar refractivity (Wildman–Crippen MR) is 172 cm³/mol. The highest BCUT2D eigenvalue weighted by Crippen LogP contribution is 2.43. The summed E-state index contributed by atoms with van der Waals surface area (Å²) < 4.78 is 3.69. The van der Waals surface area contributed by atoms with Gasteiger partial charge in [0, 0.05) is 32.2 Å². The molecule has 0 unspecified atom stereocenters. The summed E-state index contributed by atoms with van der Waals surface area (Å²) in [5.41, 5.74) is 11.8. The second-order valence-corrected chi connectivity index (χ2v) is 11.7. The molecule has 7 aromatic rings. The summed E-state index contributed by atoms with van der Waals surface area (Å²) in [6.45, 7) is 6.70. The molecule has 0 saturated heterocycles. The molecule has 0 fully saturated rings. The fourth-order valence-corrected chi connectivity index (χ4v) is 6.63. The van der Waals surface area contributed by atoms with Crippen molar-refractivity contribution in [2.45, 2.75) is 26.7 Å². The molecule has 3 heteroatoms. The molecule has 2 aromatic heterocycles. The highest BCUT2D eigenvalue weighted by Gasteiger charge is 2.23. The lowest BCUT2D eigenvalue weighted by Crippen LogP contribution is -2.03. The third-order valence-electron chi connectivity index (χ3n) is 7.71. The summed E-state index contributed by atoms with van der Waals surface area (Å²) in [6.07, 6.45) is 0. The maximum absolute atomic E-state index is 5.32. The normalized spacial score (nSPS) is 11.6. The van der Waals surface area contributed by atoms with Crippen LogP contribution in [0.4, 0.5) is 0 Å². The van der Waals surface area contributed by atoms with Crippen molar-refractivity contribution in [1.29, 1.82) is 0 Å². The maximum atomic E-state index is 5.32. The van der Waals surface area contributed by atoms with Crippen LogP contribution in [0.5, 0.6) is 0 Å². The fraction of sp³-hybridized carbons (Fsp3) is 0.108. The molecule has 0 radical (unpaired) electrons. The van der Waals surface area contributed by atoms with Gasteiger partial charge >= 0.3 is 0 Å². The lowest BCUT2D eigenvalue weighted by Gasteiger charge is -2.20. The Morgan fingerprint density at radius 3 is 1.95 bits per heavy atom. The smallest absolute Gasteiger partial charge is 0.147 e. The Morgan fingerprint density at radius 1 is 0.675 bits per heavy atom. The Morgan fingerprint density at radius 2 is 1.30 bits per heavy atom. The van der Waals surface area contributed by atoms with Gasteiger partial charge in [0.25, 0.3) is 0 Å². The zero-order chi connectivity index (χ0) is 27.2. The minimum absolute atomic E-state index is 0.461. The van der Waals surface area contributed by atoms with Gasteiger partial charge in [0.15, 0.2) is 0 Å². The van der Waals surface area contributed by atoms with Gasteiger partial charge in [-0.1, -0.05) is 92.7 Å². The number of nitrogens with zero attached hydrogens (tertiary/aromatic N) is 2. The molecule has 0 atom stereocenters. The Labute approximate surface area is 239 Å². The van der Waals surface area contributed by atoms with Crippen molar-refractivity contribution >= 4 is 32.5 Å². The van der Waals surface area contributed by atoms with E-state index in [0.29, 0.717) is 5.92 Å². The molecule has 0 aliphatic carbocycles. The first-order valence-corrected chi connectivity index (χ1v) is 14.7. The van der Waals surface area contributed by atoms with Gasteiger partial charge in [-0.25, -0.2) is 4.98 Å². The average molecular weight is 535 g/mol. The van der Waals surface area contributed by atoms with Gasteiger partial charge in [-0.2, -0.15) is 0 Å². The molecule has 2 nitrogen and oxygen atoms in total.